The molecule has 39 heavy (non-hydrogen) atoms. The quantitative estimate of drug-likeness (QED) is 0.285. The van der Waals surface area contributed by atoms with Crippen LogP contribution in [0.1, 0.15) is 58.7 Å². The number of hydrogen-bond donors (Lipinski definition) is 2. The summed E-state index contributed by atoms with van der Waals surface area (Å²) in [5, 5.41) is 13.4. The van der Waals surface area contributed by atoms with Gasteiger partial charge in [-0.1, -0.05) is 61.9 Å². The minimum atomic E-state index is -1.22. The number of ether oxygens (including phenoxy) is 1. The highest BCUT2D eigenvalue weighted by Gasteiger charge is 2.32. The number of esters is 1. The second kappa shape index (κ2) is 11.6. The summed E-state index contributed by atoms with van der Waals surface area (Å²) >= 11 is 0. The second-order valence-corrected chi connectivity index (χ2v) is 10.1. The van der Waals surface area contributed by atoms with Gasteiger partial charge in [0.15, 0.2) is 11.8 Å². The number of aromatic nitrogens is 2. The van der Waals surface area contributed by atoms with Gasteiger partial charge in [-0.25, -0.2) is 9.78 Å². The standard InChI is InChI=1S/C30H33N3O6/c1-17(2)27(39-25(34)14-20-10-8-9-18(3)13-20)28(35)31-23(29-32-26(30(36)37)19(4)38-29)15-21-16-33(5)24-12-7-6-11-22(21)24/h6-13,16-17,23,27H,14-15H2,1-5H3,(H,31,35)(H,36,37)/t23-,27+/m1/s1. The fraction of sp³-hybridized carbons (Fsp3) is 0.333. The Morgan fingerprint density at radius 2 is 1.85 bits per heavy atom. The van der Waals surface area contributed by atoms with Gasteiger partial charge in [-0.15, -0.1) is 0 Å². The SMILES string of the molecule is Cc1cccc(CC(=O)O[C@H](C(=O)N[C@H](Cc2cn(C)c3ccccc23)c2nc(C(=O)O)c(C)o2)C(C)C)c1. The molecule has 0 unspecified atom stereocenters. The van der Waals surface area contributed by atoms with Gasteiger partial charge in [-0.05, 0) is 37.0 Å². The highest BCUT2D eigenvalue weighted by atomic mass is 16.5. The number of carbonyl (C=O) groups excluding carboxylic acids is 2. The van der Waals surface area contributed by atoms with Gasteiger partial charge >= 0.3 is 11.9 Å². The van der Waals surface area contributed by atoms with E-state index in [-0.39, 0.29) is 36.1 Å². The van der Waals surface area contributed by atoms with Crippen LogP contribution in [0, 0.1) is 19.8 Å². The lowest BCUT2D eigenvalue weighted by atomic mass is 10.0. The van der Waals surface area contributed by atoms with Crippen LogP contribution >= 0.6 is 0 Å². The first-order valence-electron chi connectivity index (χ1n) is 12.8. The number of aryl methyl sites for hydroxylation is 3. The Balaban J connectivity index is 1.60. The van der Waals surface area contributed by atoms with Crippen LogP contribution < -0.4 is 5.32 Å². The van der Waals surface area contributed by atoms with Crippen LogP contribution in [0.2, 0.25) is 0 Å². The second-order valence-electron chi connectivity index (χ2n) is 10.1. The Kier molecular flexibility index (Phi) is 8.18. The largest absolute Gasteiger partial charge is 0.476 e. The van der Waals surface area contributed by atoms with Gasteiger partial charge in [0.05, 0.1) is 6.42 Å². The predicted octanol–water partition coefficient (Wildman–Crippen LogP) is 4.69. The van der Waals surface area contributed by atoms with Crippen molar-refractivity contribution in [2.45, 2.75) is 52.7 Å². The zero-order valence-corrected chi connectivity index (χ0v) is 22.7. The third-order valence-corrected chi connectivity index (χ3v) is 6.59. The van der Waals surface area contributed by atoms with Crippen molar-refractivity contribution in [2.24, 2.45) is 13.0 Å². The van der Waals surface area contributed by atoms with E-state index in [0.29, 0.717) is 0 Å². The first-order valence-corrected chi connectivity index (χ1v) is 12.8. The summed E-state index contributed by atoms with van der Waals surface area (Å²) in [6, 6.07) is 14.6. The third-order valence-electron chi connectivity index (χ3n) is 6.59. The lowest BCUT2D eigenvalue weighted by Gasteiger charge is -2.23. The van der Waals surface area contributed by atoms with Crippen molar-refractivity contribution < 1.29 is 28.6 Å². The Hall–Kier alpha value is -4.40. The van der Waals surface area contributed by atoms with Crippen molar-refractivity contribution in [3.05, 3.63) is 88.8 Å². The molecule has 2 aromatic carbocycles. The zero-order valence-electron chi connectivity index (χ0n) is 22.7. The Bertz CT molecular complexity index is 1520. The molecule has 204 valence electrons. The number of aromatic carboxylic acids is 1. The molecular formula is C30H33N3O6. The van der Waals surface area contributed by atoms with Gasteiger partial charge in [0.1, 0.15) is 11.8 Å². The lowest BCUT2D eigenvalue weighted by Crippen LogP contribution is -2.43. The van der Waals surface area contributed by atoms with E-state index in [4.69, 9.17) is 9.15 Å². The number of oxazole rings is 1. The normalized spacial score (nSPS) is 12.9. The molecule has 2 aromatic heterocycles. The number of amides is 1. The number of benzene rings is 2. The molecule has 1 amide bonds. The van der Waals surface area contributed by atoms with Gasteiger partial charge in [0.2, 0.25) is 5.89 Å². The van der Waals surface area contributed by atoms with E-state index in [1.807, 2.05) is 73.3 Å². The Morgan fingerprint density at radius 3 is 2.51 bits per heavy atom. The number of nitrogens with one attached hydrogen (secondary N) is 1. The number of rotatable bonds is 10. The molecule has 0 aliphatic rings. The summed E-state index contributed by atoms with van der Waals surface area (Å²) in [4.78, 5) is 42.1. The molecule has 0 spiro atoms. The summed E-state index contributed by atoms with van der Waals surface area (Å²) in [6.07, 6.45) is 1.22. The average molecular weight is 532 g/mol. The van der Waals surface area contributed by atoms with Crippen molar-refractivity contribution in [1.29, 1.82) is 0 Å². The zero-order chi connectivity index (χ0) is 28.3. The summed E-state index contributed by atoms with van der Waals surface area (Å²) < 4.78 is 13.3. The summed E-state index contributed by atoms with van der Waals surface area (Å²) in [6.45, 7) is 7.04. The summed E-state index contributed by atoms with van der Waals surface area (Å²) in [5.41, 5.74) is 3.54. The van der Waals surface area contributed by atoms with Crippen LogP contribution in [0.15, 0.2) is 59.1 Å². The van der Waals surface area contributed by atoms with Crippen LogP contribution in [0.4, 0.5) is 0 Å². The average Bonchev–Trinajstić information content (AvgIpc) is 3.42. The van der Waals surface area contributed by atoms with Crippen LogP contribution in [0.5, 0.6) is 0 Å². The number of carboxylic acid groups (broad SMARTS) is 1. The van der Waals surface area contributed by atoms with Crippen molar-refractivity contribution in [3.8, 4) is 0 Å². The summed E-state index contributed by atoms with van der Waals surface area (Å²) in [5.74, 6) is -2.35. The molecule has 0 fully saturated rings. The molecule has 0 radical (unpaired) electrons. The fourth-order valence-corrected chi connectivity index (χ4v) is 4.69. The molecule has 0 aliphatic carbocycles. The van der Waals surface area contributed by atoms with Gasteiger partial charge in [0, 0.05) is 30.6 Å². The molecular weight excluding hydrogens is 498 g/mol. The number of para-hydroxylation sites is 1. The smallest absolute Gasteiger partial charge is 0.358 e. The monoisotopic (exact) mass is 531 g/mol. The van der Waals surface area contributed by atoms with Gasteiger partial charge < -0.3 is 24.1 Å². The van der Waals surface area contributed by atoms with Crippen molar-refractivity contribution in [1.82, 2.24) is 14.9 Å². The molecule has 0 saturated carbocycles. The maximum absolute atomic E-state index is 13.5. The third kappa shape index (κ3) is 6.37. The molecule has 9 heteroatoms. The van der Waals surface area contributed by atoms with Crippen molar-refractivity contribution in [3.63, 3.8) is 0 Å². The van der Waals surface area contributed by atoms with Crippen LogP contribution in [-0.4, -0.2) is 38.6 Å². The number of carboxylic acids is 1. The first-order chi connectivity index (χ1) is 18.5. The van der Waals surface area contributed by atoms with Crippen LogP contribution in [0.3, 0.4) is 0 Å². The van der Waals surface area contributed by atoms with E-state index in [1.54, 1.807) is 13.8 Å². The number of hydrogen-bond acceptors (Lipinski definition) is 6. The van der Waals surface area contributed by atoms with Gasteiger partial charge in [0.25, 0.3) is 5.91 Å². The number of carbonyl (C=O) groups is 3. The van der Waals surface area contributed by atoms with Crippen LogP contribution in [0.25, 0.3) is 10.9 Å². The Morgan fingerprint density at radius 1 is 1.10 bits per heavy atom. The van der Waals surface area contributed by atoms with E-state index in [0.717, 1.165) is 27.6 Å². The minimum absolute atomic E-state index is 0.0402. The number of fused-ring (bicyclic) bond motifs is 1. The molecule has 2 heterocycles. The van der Waals surface area contributed by atoms with E-state index in [1.165, 1.54) is 6.92 Å². The Labute approximate surface area is 226 Å². The predicted molar refractivity (Wildman–Crippen MR) is 145 cm³/mol. The van der Waals surface area contributed by atoms with E-state index in [2.05, 4.69) is 10.3 Å². The van der Waals surface area contributed by atoms with E-state index in [9.17, 15) is 19.5 Å². The van der Waals surface area contributed by atoms with E-state index < -0.39 is 30.0 Å². The maximum atomic E-state index is 13.5. The molecule has 0 bridgehead atoms. The summed E-state index contributed by atoms with van der Waals surface area (Å²) in [7, 11) is 1.93. The van der Waals surface area contributed by atoms with Crippen molar-refractivity contribution in [2.75, 3.05) is 0 Å². The van der Waals surface area contributed by atoms with Crippen molar-refractivity contribution >= 4 is 28.7 Å². The number of nitrogens with zero attached hydrogens (tertiary/aromatic N) is 2. The molecule has 2 atom stereocenters. The topological polar surface area (TPSA) is 124 Å². The van der Waals surface area contributed by atoms with Gasteiger partial charge in [-0.2, -0.15) is 0 Å². The maximum Gasteiger partial charge on any atom is 0.358 e. The lowest BCUT2D eigenvalue weighted by molar-refractivity contribution is -0.158. The first kappa shape index (κ1) is 27.6. The molecule has 0 aliphatic heterocycles. The molecule has 9 nitrogen and oxygen atoms in total. The molecule has 4 aromatic rings. The van der Waals surface area contributed by atoms with Crippen LogP contribution in [-0.2, 0) is 34.2 Å². The molecule has 2 N–H and O–H groups in total. The van der Waals surface area contributed by atoms with Gasteiger partial charge in [-0.3, -0.25) is 9.59 Å². The fourth-order valence-electron chi connectivity index (χ4n) is 4.69. The van der Waals surface area contributed by atoms with E-state index >= 15 is 0 Å². The minimum Gasteiger partial charge on any atom is -0.476 e. The molecule has 0 saturated heterocycles. The highest BCUT2D eigenvalue weighted by molar-refractivity contribution is 5.87. The molecule has 4 rings (SSSR count). The highest BCUT2D eigenvalue weighted by Crippen LogP contribution is 2.27.